The van der Waals surface area contributed by atoms with Crippen LogP contribution in [0.4, 0.5) is 0 Å². The Morgan fingerprint density at radius 1 is 1.35 bits per heavy atom. The van der Waals surface area contributed by atoms with Crippen LogP contribution in [0, 0.1) is 0 Å². The molecule has 0 aliphatic heterocycles. The number of allylic oxidation sites excluding steroid dienone is 1. The SMILES string of the molecule is C=C(CCCCOC)[Si](C)(C)c1ccccn1. The van der Waals surface area contributed by atoms with Gasteiger partial charge in [0.2, 0.25) is 0 Å². The van der Waals surface area contributed by atoms with Crippen molar-refractivity contribution in [2.45, 2.75) is 32.4 Å². The van der Waals surface area contributed by atoms with Gasteiger partial charge in [0.25, 0.3) is 0 Å². The van der Waals surface area contributed by atoms with E-state index in [9.17, 15) is 0 Å². The molecule has 0 aliphatic carbocycles. The molecule has 0 saturated heterocycles. The Labute approximate surface area is 106 Å². The van der Waals surface area contributed by atoms with Crippen LogP contribution in [-0.4, -0.2) is 26.8 Å². The first-order valence-electron chi connectivity index (χ1n) is 6.17. The van der Waals surface area contributed by atoms with Crippen molar-refractivity contribution in [2.75, 3.05) is 13.7 Å². The maximum atomic E-state index is 5.06. The molecule has 1 aromatic rings. The first-order valence-corrected chi connectivity index (χ1v) is 9.17. The van der Waals surface area contributed by atoms with Crippen molar-refractivity contribution in [3.8, 4) is 0 Å². The molecule has 2 nitrogen and oxygen atoms in total. The van der Waals surface area contributed by atoms with Gasteiger partial charge in [0.05, 0.1) is 0 Å². The number of methoxy groups -OCH3 is 1. The fourth-order valence-electron chi connectivity index (χ4n) is 1.81. The standard InChI is InChI=1S/C14H23NOSi/c1-13(9-6-8-12-16-2)17(3,4)14-10-5-7-11-15-14/h5,7,10-11H,1,6,8-9,12H2,2-4H3. The van der Waals surface area contributed by atoms with E-state index in [0.29, 0.717) is 0 Å². The number of pyridine rings is 1. The van der Waals surface area contributed by atoms with Gasteiger partial charge < -0.3 is 4.74 Å². The summed E-state index contributed by atoms with van der Waals surface area (Å²) in [5.41, 5.74) is 0. The molecular weight excluding hydrogens is 226 g/mol. The van der Waals surface area contributed by atoms with E-state index < -0.39 is 8.07 Å². The fourth-order valence-corrected chi connectivity index (χ4v) is 3.89. The largest absolute Gasteiger partial charge is 0.385 e. The number of rotatable bonds is 7. The molecule has 1 heterocycles. The maximum absolute atomic E-state index is 5.06. The smallest absolute Gasteiger partial charge is 0.130 e. The summed E-state index contributed by atoms with van der Waals surface area (Å²) >= 11 is 0. The van der Waals surface area contributed by atoms with Crippen LogP contribution in [0.1, 0.15) is 19.3 Å². The normalized spacial score (nSPS) is 11.5. The van der Waals surface area contributed by atoms with Crippen molar-refractivity contribution in [1.82, 2.24) is 4.98 Å². The Bertz CT molecular complexity index is 348. The van der Waals surface area contributed by atoms with E-state index in [0.717, 1.165) is 25.9 Å². The van der Waals surface area contributed by atoms with Gasteiger partial charge in [-0.3, -0.25) is 4.98 Å². The summed E-state index contributed by atoms with van der Waals surface area (Å²) in [5.74, 6) is 0. The lowest BCUT2D eigenvalue weighted by Gasteiger charge is -2.24. The number of hydrogen-bond acceptors (Lipinski definition) is 2. The van der Waals surface area contributed by atoms with E-state index in [1.165, 1.54) is 10.5 Å². The third-order valence-electron chi connectivity index (χ3n) is 3.27. The van der Waals surface area contributed by atoms with Gasteiger partial charge in [-0.1, -0.05) is 24.4 Å². The van der Waals surface area contributed by atoms with Gasteiger partial charge >= 0.3 is 0 Å². The molecule has 0 aromatic carbocycles. The molecule has 0 bridgehead atoms. The molecule has 1 aromatic heterocycles. The zero-order valence-corrected chi connectivity index (χ0v) is 12.2. The van der Waals surface area contributed by atoms with E-state index in [4.69, 9.17) is 4.74 Å². The van der Waals surface area contributed by atoms with Crippen molar-refractivity contribution in [2.24, 2.45) is 0 Å². The van der Waals surface area contributed by atoms with Crippen LogP contribution in [0.25, 0.3) is 0 Å². The van der Waals surface area contributed by atoms with Crippen LogP contribution in [0.5, 0.6) is 0 Å². The molecule has 1 rings (SSSR count). The third-order valence-corrected chi connectivity index (χ3v) is 6.86. The van der Waals surface area contributed by atoms with Crippen LogP contribution in [0.3, 0.4) is 0 Å². The number of aromatic nitrogens is 1. The van der Waals surface area contributed by atoms with E-state index >= 15 is 0 Å². The zero-order chi connectivity index (χ0) is 12.7. The minimum Gasteiger partial charge on any atom is -0.385 e. The molecule has 0 amide bonds. The molecular formula is C14H23NOSi. The number of hydrogen-bond donors (Lipinski definition) is 0. The van der Waals surface area contributed by atoms with Crippen LogP contribution in [-0.2, 0) is 4.74 Å². The summed E-state index contributed by atoms with van der Waals surface area (Å²) in [4.78, 5) is 4.49. The van der Waals surface area contributed by atoms with Gasteiger partial charge in [-0.25, -0.2) is 0 Å². The van der Waals surface area contributed by atoms with Crippen molar-refractivity contribution in [3.63, 3.8) is 0 Å². The van der Waals surface area contributed by atoms with E-state index in [1.807, 2.05) is 12.3 Å². The Balaban J connectivity index is 2.55. The molecule has 0 fully saturated rings. The monoisotopic (exact) mass is 249 g/mol. The molecule has 0 spiro atoms. The Morgan fingerprint density at radius 2 is 2.12 bits per heavy atom. The van der Waals surface area contributed by atoms with Crippen LogP contribution < -0.4 is 5.32 Å². The Morgan fingerprint density at radius 3 is 2.71 bits per heavy atom. The summed E-state index contributed by atoms with van der Waals surface area (Å²) < 4.78 is 5.06. The first-order chi connectivity index (χ1) is 8.09. The predicted octanol–water partition coefficient (Wildman–Crippen LogP) is 2.91. The summed E-state index contributed by atoms with van der Waals surface area (Å²) in [5, 5.41) is 2.61. The third kappa shape index (κ3) is 4.09. The molecule has 0 radical (unpaired) electrons. The molecule has 0 unspecified atom stereocenters. The minimum atomic E-state index is -1.59. The van der Waals surface area contributed by atoms with Gasteiger partial charge in [0.15, 0.2) is 0 Å². The molecule has 0 saturated carbocycles. The summed E-state index contributed by atoms with van der Waals surface area (Å²) in [6.07, 6.45) is 5.25. The average molecular weight is 249 g/mol. The number of unbranched alkanes of at least 4 members (excludes halogenated alkanes) is 1. The Hall–Kier alpha value is -0.933. The van der Waals surface area contributed by atoms with Gasteiger partial charge in [-0.05, 0) is 31.4 Å². The highest BCUT2D eigenvalue weighted by molar-refractivity contribution is 6.95. The molecule has 0 atom stereocenters. The topological polar surface area (TPSA) is 22.1 Å². The van der Waals surface area contributed by atoms with Crippen molar-refractivity contribution in [1.29, 1.82) is 0 Å². The lowest BCUT2D eigenvalue weighted by Crippen LogP contribution is -2.45. The highest BCUT2D eigenvalue weighted by Crippen LogP contribution is 2.18. The lowest BCUT2D eigenvalue weighted by atomic mass is 10.2. The van der Waals surface area contributed by atoms with Crippen LogP contribution in [0.15, 0.2) is 36.2 Å². The number of ether oxygens (including phenoxy) is 1. The average Bonchev–Trinajstić information content (AvgIpc) is 2.35. The second kappa shape index (κ2) is 6.72. The van der Waals surface area contributed by atoms with Crippen molar-refractivity contribution < 1.29 is 4.74 Å². The fraction of sp³-hybridized carbons (Fsp3) is 0.500. The maximum Gasteiger partial charge on any atom is 0.130 e. The highest BCUT2D eigenvalue weighted by atomic mass is 28.3. The molecule has 17 heavy (non-hydrogen) atoms. The van der Waals surface area contributed by atoms with Gasteiger partial charge in [0, 0.05) is 25.2 Å². The predicted molar refractivity (Wildman–Crippen MR) is 76.2 cm³/mol. The second-order valence-electron chi connectivity index (χ2n) is 4.89. The lowest BCUT2D eigenvalue weighted by molar-refractivity contribution is 0.193. The van der Waals surface area contributed by atoms with Crippen LogP contribution >= 0.6 is 0 Å². The van der Waals surface area contributed by atoms with E-state index in [1.54, 1.807) is 7.11 Å². The zero-order valence-electron chi connectivity index (χ0n) is 11.2. The molecule has 0 aliphatic rings. The van der Waals surface area contributed by atoms with Crippen molar-refractivity contribution in [3.05, 3.63) is 36.2 Å². The summed E-state index contributed by atoms with van der Waals surface area (Å²) in [6.45, 7) is 9.78. The van der Waals surface area contributed by atoms with Gasteiger partial charge in [-0.15, -0.1) is 6.58 Å². The second-order valence-corrected chi connectivity index (χ2v) is 9.36. The summed E-state index contributed by atoms with van der Waals surface area (Å²) in [7, 11) is 0.162. The Kier molecular flexibility index (Phi) is 5.58. The van der Waals surface area contributed by atoms with E-state index in [-0.39, 0.29) is 0 Å². The molecule has 3 heteroatoms. The first kappa shape index (κ1) is 14.1. The quantitative estimate of drug-likeness (QED) is 0.547. The summed E-state index contributed by atoms with van der Waals surface area (Å²) in [6, 6.07) is 6.16. The van der Waals surface area contributed by atoms with Gasteiger partial charge in [0.1, 0.15) is 8.07 Å². The highest BCUT2D eigenvalue weighted by Gasteiger charge is 2.27. The van der Waals surface area contributed by atoms with Gasteiger partial charge in [-0.2, -0.15) is 0 Å². The molecule has 94 valence electrons. The van der Waals surface area contributed by atoms with Crippen molar-refractivity contribution >= 4 is 13.4 Å². The van der Waals surface area contributed by atoms with Crippen LogP contribution in [0.2, 0.25) is 13.1 Å². The molecule has 0 N–H and O–H groups in total. The minimum absolute atomic E-state index is 0.846. The number of nitrogens with zero attached hydrogens (tertiary/aromatic N) is 1. The van der Waals surface area contributed by atoms with E-state index in [2.05, 4.69) is 36.8 Å².